The van der Waals surface area contributed by atoms with Crippen LogP contribution in [0.25, 0.3) is 10.9 Å². The molecule has 0 fully saturated rings. The summed E-state index contributed by atoms with van der Waals surface area (Å²) in [6, 6.07) is 11.3. The van der Waals surface area contributed by atoms with E-state index in [0.717, 1.165) is 12.1 Å². The summed E-state index contributed by atoms with van der Waals surface area (Å²) in [5.41, 5.74) is -1.42. The highest BCUT2D eigenvalue weighted by Gasteiger charge is 2.27. The fourth-order valence-corrected chi connectivity index (χ4v) is 4.69. The van der Waals surface area contributed by atoms with Crippen LogP contribution >= 0.6 is 11.6 Å². The van der Waals surface area contributed by atoms with E-state index in [2.05, 4.69) is 10.3 Å². The molecular formula is C22H13ClF2N2O5S. The van der Waals surface area contributed by atoms with Gasteiger partial charge < -0.3 is 15.4 Å². The zero-order valence-corrected chi connectivity index (χ0v) is 18.0. The minimum atomic E-state index is -4.39. The SMILES string of the molecule is O=C(Nc1ccc(F)cc1F)c1ccc2c(O)c(S(=O)(=O)c3ccc(Cl)cc3)c(=O)[nH]c2c1. The molecule has 0 aliphatic rings. The Labute approximate surface area is 190 Å². The molecule has 0 aliphatic heterocycles. The van der Waals surface area contributed by atoms with Crippen molar-refractivity contribution >= 4 is 43.9 Å². The summed E-state index contributed by atoms with van der Waals surface area (Å²) in [4.78, 5) is 26.3. The molecule has 168 valence electrons. The molecule has 0 atom stereocenters. The third-order valence-electron chi connectivity index (χ3n) is 4.78. The first-order valence-corrected chi connectivity index (χ1v) is 11.1. The predicted molar refractivity (Wildman–Crippen MR) is 117 cm³/mol. The summed E-state index contributed by atoms with van der Waals surface area (Å²) in [7, 11) is -4.39. The van der Waals surface area contributed by atoms with Crippen LogP contribution < -0.4 is 10.9 Å². The van der Waals surface area contributed by atoms with E-state index in [4.69, 9.17) is 11.6 Å². The number of hydrogen-bond acceptors (Lipinski definition) is 5. The van der Waals surface area contributed by atoms with Crippen LogP contribution in [0.15, 0.2) is 75.2 Å². The molecular weight excluding hydrogens is 478 g/mol. The first-order chi connectivity index (χ1) is 15.6. The summed E-state index contributed by atoms with van der Waals surface area (Å²) in [6.07, 6.45) is 0. The number of pyridine rings is 1. The van der Waals surface area contributed by atoms with Crippen LogP contribution in [0.2, 0.25) is 5.02 Å². The van der Waals surface area contributed by atoms with Crippen LogP contribution in [0.1, 0.15) is 10.4 Å². The molecule has 33 heavy (non-hydrogen) atoms. The topological polar surface area (TPSA) is 116 Å². The molecule has 1 amide bonds. The fourth-order valence-electron chi connectivity index (χ4n) is 3.17. The van der Waals surface area contributed by atoms with Crippen LogP contribution in [-0.2, 0) is 9.84 Å². The zero-order chi connectivity index (χ0) is 23.9. The average molecular weight is 491 g/mol. The highest BCUT2D eigenvalue weighted by atomic mass is 35.5. The van der Waals surface area contributed by atoms with Gasteiger partial charge in [0.2, 0.25) is 9.84 Å². The van der Waals surface area contributed by atoms with Crippen LogP contribution in [-0.4, -0.2) is 24.4 Å². The maximum Gasteiger partial charge on any atom is 0.271 e. The molecule has 0 saturated heterocycles. The zero-order valence-electron chi connectivity index (χ0n) is 16.4. The quantitative estimate of drug-likeness (QED) is 0.395. The van der Waals surface area contributed by atoms with Crippen molar-refractivity contribution < 1.29 is 27.1 Å². The van der Waals surface area contributed by atoms with Crippen molar-refractivity contribution in [2.24, 2.45) is 0 Å². The number of nitrogens with one attached hydrogen (secondary N) is 2. The van der Waals surface area contributed by atoms with Gasteiger partial charge in [0.15, 0.2) is 4.90 Å². The Morgan fingerprint density at radius 2 is 1.70 bits per heavy atom. The van der Waals surface area contributed by atoms with Crippen molar-refractivity contribution in [3.05, 3.63) is 93.2 Å². The van der Waals surface area contributed by atoms with Gasteiger partial charge in [0.1, 0.15) is 17.4 Å². The second-order valence-corrected chi connectivity index (χ2v) is 9.25. The summed E-state index contributed by atoms with van der Waals surface area (Å²) in [6.45, 7) is 0. The van der Waals surface area contributed by atoms with Gasteiger partial charge >= 0.3 is 0 Å². The Kier molecular flexibility index (Phi) is 5.64. The molecule has 4 rings (SSSR count). The lowest BCUT2D eigenvalue weighted by molar-refractivity contribution is 0.102. The number of aromatic nitrogens is 1. The number of rotatable bonds is 4. The smallest absolute Gasteiger partial charge is 0.271 e. The first kappa shape index (κ1) is 22.4. The largest absolute Gasteiger partial charge is 0.506 e. The number of anilines is 1. The van der Waals surface area contributed by atoms with Crippen LogP contribution in [0.5, 0.6) is 5.75 Å². The summed E-state index contributed by atoms with van der Waals surface area (Å²) >= 11 is 5.77. The summed E-state index contributed by atoms with van der Waals surface area (Å²) < 4.78 is 52.7. The molecule has 3 aromatic carbocycles. The molecule has 11 heteroatoms. The monoisotopic (exact) mass is 490 g/mol. The lowest BCUT2D eigenvalue weighted by Gasteiger charge is -2.11. The molecule has 1 aromatic heterocycles. The van der Waals surface area contributed by atoms with E-state index in [1.54, 1.807) is 0 Å². The second kappa shape index (κ2) is 8.30. The Bertz CT molecular complexity index is 1590. The lowest BCUT2D eigenvalue weighted by Crippen LogP contribution is -2.19. The maximum atomic E-state index is 13.8. The molecule has 4 aromatic rings. The number of fused-ring (bicyclic) bond motifs is 1. The van der Waals surface area contributed by atoms with E-state index < -0.39 is 43.6 Å². The molecule has 0 unspecified atom stereocenters. The number of amides is 1. The molecule has 0 bridgehead atoms. The van der Waals surface area contributed by atoms with Gasteiger partial charge in [-0.3, -0.25) is 9.59 Å². The van der Waals surface area contributed by atoms with Gasteiger partial charge in [-0.1, -0.05) is 11.6 Å². The second-order valence-electron chi connectivity index (χ2n) is 6.93. The van der Waals surface area contributed by atoms with E-state index in [1.807, 2.05) is 0 Å². The molecule has 0 saturated carbocycles. The van der Waals surface area contributed by atoms with Gasteiger partial charge in [0, 0.05) is 22.0 Å². The molecule has 0 spiro atoms. The van der Waals surface area contributed by atoms with Gasteiger partial charge in [0.05, 0.1) is 16.1 Å². The molecule has 0 radical (unpaired) electrons. The molecule has 0 aliphatic carbocycles. The highest BCUT2D eigenvalue weighted by molar-refractivity contribution is 7.91. The third kappa shape index (κ3) is 4.18. The van der Waals surface area contributed by atoms with Gasteiger partial charge in [-0.15, -0.1) is 0 Å². The van der Waals surface area contributed by atoms with Gasteiger partial charge in [0.25, 0.3) is 11.5 Å². The lowest BCUT2D eigenvalue weighted by atomic mass is 10.1. The van der Waals surface area contributed by atoms with E-state index in [1.165, 1.54) is 42.5 Å². The van der Waals surface area contributed by atoms with E-state index >= 15 is 0 Å². The Balaban J connectivity index is 1.75. The van der Waals surface area contributed by atoms with Crippen molar-refractivity contribution in [3.63, 3.8) is 0 Å². The maximum absolute atomic E-state index is 13.8. The highest BCUT2D eigenvalue weighted by Crippen LogP contribution is 2.32. The molecule has 7 nitrogen and oxygen atoms in total. The number of sulfone groups is 1. The van der Waals surface area contributed by atoms with Crippen LogP contribution in [0.4, 0.5) is 14.5 Å². The van der Waals surface area contributed by atoms with Crippen molar-refractivity contribution in [3.8, 4) is 5.75 Å². The minimum absolute atomic E-state index is 0.0280. The van der Waals surface area contributed by atoms with Gasteiger partial charge in [-0.25, -0.2) is 17.2 Å². The van der Waals surface area contributed by atoms with Crippen molar-refractivity contribution in [1.29, 1.82) is 0 Å². The number of halogens is 3. The third-order valence-corrected chi connectivity index (χ3v) is 6.84. The first-order valence-electron chi connectivity index (χ1n) is 9.24. The summed E-state index contributed by atoms with van der Waals surface area (Å²) in [5.74, 6) is -3.36. The van der Waals surface area contributed by atoms with Gasteiger partial charge in [-0.05, 0) is 54.6 Å². The van der Waals surface area contributed by atoms with E-state index in [0.29, 0.717) is 6.07 Å². The number of H-pyrrole nitrogens is 1. The van der Waals surface area contributed by atoms with Crippen LogP contribution in [0, 0.1) is 11.6 Å². The molecule has 3 N–H and O–H groups in total. The predicted octanol–water partition coefficient (Wildman–Crippen LogP) is 4.25. The number of aromatic amines is 1. The minimum Gasteiger partial charge on any atom is -0.506 e. The van der Waals surface area contributed by atoms with Crippen molar-refractivity contribution in [1.82, 2.24) is 4.98 Å². The number of hydrogen-bond donors (Lipinski definition) is 3. The number of benzene rings is 3. The van der Waals surface area contributed by atoms with Crippen molar-refractivity contribution in [2.75, 3.05) is 5.32 Å². The number of aromatic hydroxyl groups is 1. The Morgan fingerprint density at radius 3 is 2.36 bits per heavy atom. The van der Waals surface area contributed by atoms with Gasteiger partial charge in [-0.2, -0.15) is 0 Å². The number of carbonyl (C=O) groups is 1. The number of carbonyl (C=O) groups excluding carboxylic acids is 1. The average Bonchev–Trinajstić information content (AvgIpc) is 2.75. The molecule has 1 heterocycles. The summed E-state index contributed by atoms with van der Waals surface area (Å²) in [5, 5.41) is 13.1. The normalized spacial score (nSPS) is 11.5. The van der Waals surface area contributed by atoms with Crippen molar-refractivity contribution in [2.45, 2.75) is 9.79 Å². The van der Waals surface area contributed by atoms with E-state index in [-0.39, 0.29) is 32.1 Å². The standard InChI is InChI=1S/C22H13ClF2N2O5S/c23-12-2-5-14(6-3-12)33(31,32)20-19(28)15-7-1-11(9-18(15)27-22(20)30)21(29)26-17-8-4-13(24)10-16(17)25/h1-10H,(H,26,29)(H2,27,28,30). The Morgan fingerprint density at radius 1 is 1.00 bits per heavy atom. The Hall–Kier alpha value is -3.76. The van der Waals surface area contributed by atoms with E-state index in [9.17, 15) is 31.9 Å². The van der Waals surface area contributed by atoms with Crippen LogP contribution in [0.3, 0.4) is 0 Å². The fraction of sp³-hybridized carbons (Fsp3) is 0.